The monoisotopic (exact) mass is 415 g/mol. The summed E-state index contributed by atoms with van der Waals surface area (Å²) in [4.78, 5) is 4.26. The molecule has 1 rings (SSSR count). The van der Waals surface area contributed by atoms with E-state index in [1.165, 1.54) is 0 Å². The first kappa shape index (κ1) is 18.8. The second-order valence-corrected chi connectivity index (χ2v) is 5.12. The lowest BCUT2D eigenvalue weighted by Gasteiger charge is -2.11. The van der Waals surface area contributed by atoms with Crippen molar-refractivity contribution in [2.45, 2.75) is 32.7 Å². The Kier molecular flexibility index (Phi) is 9.56. The Morgan fingerprint density at radius 2 is 1.89 bits per heavy atom. The summed E-state index contributed by atoms with van der Waals surface area (Å²) in [6.07, 6.45) is 1.78. The average Bonchev–Trinajstić information content (AvgIpc) is 2.27. The molecule has 0 saturated carbocycles. The van der Waals surface area contributed by atoms with Crippen LogP contribution < -0.4 is 11.1 Å². The van der Waals surface area contributed by atoms with Crippen LogP contribution in [0, 0.1) is 0 Å². The summed E-state index contributed by atoms with van der Waals surface area (Å²) >= 11 is 11.8. The first-order valence-electron chi connectivity index (χ1n) is 6.02. The third-order valence-electron chi connectivity index (χ3n) is 2.61. The average molecular weight is 416 g/mol. The van der Waals surface area contributed by atoms with E-state index in [2.05, 4.69) is 24.2 Å². The van der Waals surface area contributed by atoms with E-state index in [1.54, 1.807) is 6.07 Å². The minimum atomic E-state index is 0. The molecule has 0 aliphatic heterocycles. The third kappa shape index (κ3) is 7.84. The second kappa shape index (κ2) is 9.66. The molecule has 1 aromatic carbocycles. The van der Waals surface area contributed by atoms with Gasteiger partial charge in [0.05, 0.1) is 0 Å². The van der Waals surface area contributed by atoms with Gasteiger partial charge in [-0.2, -0.15) is 0 Å². The fraction of sp³-hybridized carbons (Fsp3) is 0.462. The molecule has 0 amide bonds. The van der Waals surface area contributed by atoms with Crippen LogP contribution in [-0.2, 0) is 6.42 Å². The van der Waals surface area contributed by atoms with Crippen LogP contribution in [0.5, 0.6) is 0 Å². The van der Waals surface area contributed by atoms with Gasteiger partial charge in [0.1, 0.15) is 0 Å². The highest BCUT2D eigenvalue weighted by Crippen LogP contribution is 2.19. The Morgan fingerprint density at radius 3 is 2.42 bits per heavy atom. The topological polar surface area (TPSA) is 50.4 Å². The van der Waals surface area contributed by atoms with Gasteiger partial charge in [0.2, 0.25) is 0 Å². The maximum Gasteiger partial charge on any atom is 0.188 e. The SMILES string of the molecule is CCC(C)NC(N)=NCCc1cc(Cl)cc(Cl)c1.I. The molecular weight excluding hydrogens is 396 g/mol. The fourth-order valence-electron chi connectivity index (χ4n) is 1.46. The normalized spacial score (nSPS) is 12.7. The summed E-state index contributed by atoms with van der Waals surface area (Å²) in [5.74, 6) is 0.484. The quantitative estimate of drug-likeness (QED) is 0.435. The fourth-order valence-corrected chi connectivity index (χ4v) is 2.03. The molecule has 3 nitrogen and oxygen atoms in total. The van der Waals surface area contributed by atoms with Crippen molar-refractivity contribution >= 4 is 53.1 Å². The molecule has 0 heterocycles. The summed E-state index contributed by atoms with van der Waals surface area (Å²) in [5, 5.41) is 4.41. The minimum Gasteiger partial charge on any atom is -0.370 e. The van der Waals surface area contributed by atoms with Gasteiger partial charge in [0, 0.05) is 22.6 Å². The van der Waals surface area contributed by atoms with Gasteiger partial charge in [-0.15, -0.1) is 24.0 Å². The number of guanidine groups is 1. The van der Waals surface area contributed by atoms with Gasteiger partial charge in [0.25, 0.3) is 0 Å². The van der Waals surface area contributed by atoms with Gasteiger partial charge < -0.3 is 11.1 Å². The maximum atomic E-state index is 5.92. The zero-order valence-corrected chi connectivity index (χ0v) is 15.0. The Balaban J connectivity index is 0.00000324. The molecule has 0 saturated heterocycles. The van der Waals surface area contributed by atoms with E-state index in [9.17, 15) is 0 Å². The van der Waals surface area contributed by atoms with E-state index in [4.69, 9.17) is 28.9 Å². The maximum absolute atomic E-state index is 5.92. The second-order valence-electron chi connectivity index (χ2n) is 4.25. The number of hydrogen-bond acceptors (Lipinski definition) is 1. The molecule has 0 aromatic heterocycles. The third-order valence-corrected chi connectivity index (χ3v) is 3.05. The molecule has 1 atom stereocenters. The molecule has 0 fully saturated rings. The number of nitrogens with one attached hydrogen (secondary N) is 1. The van der Waals surface area contributed by atoms with Crippen LogP contribution >= 0.6 is 47.2 Å². The van der Waals surface area contributed by atoms with Crippen molar-refractivity contribution in [3.63, 3.8) is 0 Å². The Bertz CT molecular complexity index is 404. The van der Waals surface area contributed by atoms with E-state index < -0.39 is 0 Å². The van der Waals surface area contributed by atoms with Gasteiger partial charge in [-0.25, -0.2) is 0 Å². The molecule has 0 spiro atoms. The number of rotatable bonds is 5. The molecule has 1 unspecified atom stereocenters. The van der Waals surface area contributed by atoms with E-state index in [0.29, 0.717) is 28.6 Å². The van der Waals surface area contributed by atoms with Crippen LogP contribution in [0.15, 0.2) is 23.2 Å². The van der Waals surface area contributed by atoms with E-state index in [1.807, 2.05) is 12.1 Å². The molecule has 6 heteroatoms. The highest BCUT2D eigenvalue weighted by Gasteiger charge is 2.00. The van der Waals surface area contributed by atoms with E-state index >= 15 is 0 Å². The van der Waals surface area contributed by atoms with Crippen LogP contribution in [0.25, 0.3) is 0 Å². The summed E-state index contributed by atoms with van der Waals surface area (Å²) in [6, 6.07) is 5.84. The predicted octanol–water partition coefficient (Wildman–Crippen LogP) is 3.86. The molecule has 19 heavy (non-hydrogen) atoms. The minimum absolute atomic E-state index is 0. The summed E-state index contributed by atoms with van der Waals surface area (Å²) in [6.45, 7) is 4.78. The predicted molar refractivity (Wildman–Crippen MR) is 95.0 cm³/mol. The van der Waals surface area contributed by atoms with Gasteiger partial charge >= 0.3 is 0 Å². The zero-order valence-electron chi connectivity index (χ0n) is 11.1. The van der Waals surface area contributed by atoms with Gasteiger partial charge in [-0.3, -0.25) is 4.99 Å². The van der Waals surface area contributed by atoms with Crippen molar-refractivity contribution in [3.8, 4) is 0 Å². The number of nitrogens with zero attached hydrogens (tertiary/aromatic N) is 1. The summed E-state index contributed by atoms with van der Waals surface area (Å²) < 4.78 is 0. The number of benzene rings is 1. The smallest absolute Gasteiger partial charge is 0.188 e. The lowest BCUT2D eigenvalue weighted by Crippen LogP contribution is -2.38. The Labute approximate surface area is 142 Å². The first-order valence-corrected chi connectivity index (χ1v) is 6.78. The van der Waals surface area contributed by atoms with Crippen molar-refractivity contribution < 1.29 is 0 Å². The molecule has 108 valence electrons. The molecule has 1 aromatic rings. The largest absolute Gasteiger partial charge is 0.370 e. The molecular formula is C13H20Cl2IN3. The number of nitrogens with two attached hydrogens (primary N) is 1. The van der Waals surface area contributed by atoms with Crippen molar-refractivity contribution in [2.24, 2.45) is 10.7 Å². The molecule has 3 N–H and O–H groups in total. The van der Waals surface area contributed by atoms with Crippen LogP contribution in [0.4, 0.5) is 0 Å². The van der Waals surface area contributed by atoms with Crippen LogP contribution in [0.3, 0.4) is 0 Å². The number of aliphatic imine (C=N–C) groups is 1. The molecule has 0 radical (unpaired) electrons. The van der Waals surface area contributed by atoms with Crippen LogP contribution in [0.2, 0.25) is 10.0 Å². The van der Waals surface area contributed by atoms with Crippen molar-refractivity contribution in [1.82, 2.24) is 5.32 Å². The van der Waals surface area contributed by atoms with Gasteiger partial charge in [-0.05, 0) is 43.5 Å². The molecule has 0 aliphatic carbocycles. The van der Waals surface area contributed by atoms with E-state index in [-0.39, 0.29) is 24.0 Å². The summed E-state index contributed by atoms with van der Waals surface area (Å²) in [5.41, 5.74) is 6.82. The number of halogens is 3. The molecule has 0 bridgehead atoms. The van der Waals surface area contributed by atoms with Crippen molar-refractivity contribution in [3.05, 3.63) is 33.8 Å². The lowest BCUT2D eigenvalue weighted by molar-refractivity contribution is 0.636. The highest BCUT2D eigenvalue weighted by atomic mass is 127. The van der Waals surface area contributed by atoms with Gasteiger partial charge in [0.15, 0.2) is 5.96 Å². The molecule has 0 aliphatic rings. The van der Waals surface area contributed by atoms with Crippen LogP contribution in [-0.4, -0.2) is 18.5 Å². The van der Waals surface area contributed by atoms with E-state index in [0.717, 1.165) is 18.4 Å². The van der Waals surface area contributed by atoms with Gasteiger partial charge in [-0.1, -0.05) is 30.1 Å². The number of hydrogen-bond donors (Lipinski definition) is 2. The van der Waals surface area contributed by atoms with Crippen LogP contribution in [0.1, 0.15) is 25.8 Å². The Hall–Kier alpha value is -0.200. The zero-order chi connectivity index (χ0) is 13.5. The standard InChI is InChI=1S/C13H19Cl2N3.HI/c1-3-9(2)18-13(16)17-5-4-10-6-11(14)8-12(15)7-10;/h6-9H,3-5H2,1-2H3,(H3,16,17,18);1H. The van der Waals surface area contributed by atoms with Crippen molar-refractivity contribution in [1.29, 1.82) is 0 Å². The summed E-state index contributed by atoms with van der Waals surface area (Å²) in [7, 11) is 0. The highest BCUT2D eigenvalue weighted by molar-refractivity contribution is 14.0. The lowest BCUT2D eigenvalue weighted by atomic mass is 10.1. The first-order chi connectivity index (χ1) is 8.51. The Morgan fingerprint density at radius 1 is 1.32 bits per heavy atom. The van der Waals surface area contributed by atoms with Crippen molar-refractivity contribution in [2.75, 3.05) is 6.54 Å².